The van der Waals surface area contributed by atoms with Crippen molar-refractivity contribution in [1.82, 2.24) is 15.0 Å². The number of benzene rings is 1. The molecule has 1 aromatic carbocycles. The van der Waals surface area contributed by atoms with Gasteiger partial charge in [0.1, 0.15) is 11.4 Å². The predicted molar refractivity (Wildman–Crippen MR) is 52.6 cm³/mol. The molecule has 1 aromatic heterocycles. The highest BCUT2D eigenvalue weighted by Crippen LogP contribution is 2.24. The molecule has 0 bridgehead atoms. The number of aromatic nitrogens is 3. The van der Waals surface area contributed by atoms with Gasteiger partial charge >= 0.3 is 0 Å². The van der Waals surface area contributed by atoms with Gasteiger partial charge in [-0.2, -0.15) is 10.2 Å². The van der Waals surface area contributed by atoms with E-state index >= 15 is 0 Å². The first kappa shape index (κ1) is 8.74. The Labute approximate surface area is 82.1 Å². The van der Waals surface area contributed by atoms with E-state index in [1.54, 1.807) is 24.3 Å². The van der Waals surface area contributed by atoms with E-state index in [4.69, 9.17) is 4.74 Å². The number of methoxy groups -OCH3 is 1. The molecule has 0 saturated heterocycles. The number of hydrogen-bond donors (Lipinski definition) is 0. The largest absolute Gasteiger partial charge is 0.494 e. The fourth-order valence-corrected chi connectivity index (χ4v) is 1.40. The summed E-state index contributed by atoms with van der Waals surface area (Å²) in [5.74, 6) is 0.809. The molecule has 0 amide bonds. The molecule has 1 heterocycles. The van der Waals surface area contributed by atoms with Crippen molar-refractivity contribution in [3.63, 3.8) is 0 Å². The summed E-state index contributed by atoms with van der Waals surface area (Å²) in [7, 11) is 1.65. The van der Waals surface area contributed by atoms with Crippen molar-refractivity contribution in [2.75, 3.05) is 7.11 Å². The second kappa shape index (κ2) is 3.49. The molecule has 0 aliphatic rings. The van der Waals surface area contributed by atoms with Crippen molar-refractivity contribution in [2.24, 2.45) is 0 Å². The Morgan fingerprint density at radius 2 is 1.93 bits per heavy atom. The highest BCUT2D eigenvalue weighted by atomic mass is 16.5. The summed E-state index contributed by atoms with van der Waals surface area (Å²) in [6.07, 6.45) is 3.28. The smallest absolute Gasteiger partial charge is 0.149 e. The molecule has 2 rings (SSSR count). The Bertz CT molecular complexity index is 423. The van der Waals surface area contributed by atoms with E-state index in [0.29, 0.717) is 0 Å². The molecule has 0 saturated carbocycles. The predicted octanol–water partition coefficient (Wildman–Crippen LogP) is 1.58. The van der Waals surface area contributed by atoms with Crippen LogP contribution in [0.2, 0.25) is 0 Å². The van der Waals surface area contributed by atoms with E-state index < -0.39 is 0 Å². The third-order valence-electron chi connectivity index (χ3n) is 2.03. The fourth-order valence-electron chi connectivity index (χ4n) is 1.40. The monoisotopic (exact) mass is 189 g/mol. The molecular formula is C10H11N3O. The molecule has 0 N–H and O–H groups in total. The average Bonchev–Trinajstić information content (AvgIpc) is 2.70. The Hall–Kier alpha value is -1.84. The van der Waals surface area contributed by atoms with Gasteiger partial charge < -0.3 is 4.74 Å². The fraction of sp³-hybridized carbons (Fsp3) is 0.200. The van der Waals surface area contributed by atoms with Crippen LogP contribution < -0.4 is 4.74 Å². The van der Waals surface area contributed by atoms with Gasteiger partial charge in [0, 0.05) is 0 Å². The van der Waals surface area contributed by atoms with Gasteiger partial charge in [0.15, 0.2) is 0 Å². The standard InChI is InChI=1S/C10H11N3O/c1-8-4-3-5-9(10(8)14-2)13-11-6-7-12-13/h3-7H,1-2H3. The molecule has 0 fully saturated rings. The van der Waals surface area contributed by atoms with Gasteiger partial charge in [0.05, 0.1) is 19.5 Å². The number of hydrogen-bond acceptors (Lipinski definition) is 3. The summed E-state index contributed by atoms with van der Waals surface area (Å²) in [6, 6.07) is 5.87. The van der Waals surface area contributed by atoms with E-state index in [9.17, 15) is 0 Å². The SMILES string of the molecule is COc1c(C)cccc1-n1nccn1. The summed E-state index contributed by atoms with van der Waals surface area (Å²) >= 11 is 0. The summed E-state index contributed by atoms with van der Waals surface area (Å²) in [5, 5.41) is 8.12. The van der Waals surface area contributed by atoms with Gasteiger partial charge in [-0.1, -0.05) is 12.1 Å². The lowest BCUT2D eigenvalue weighted by molar-refractivity contribution is 0.407. The third kappa shape index (κ3) is 1.35. The van der Waals surface area contributed by atoms with Crippen molar-refractivity contribution < 1.29 is 4.74 Å². The second-order valence-electron chi connectivity index (χ2n) is 2.95. The maximum Gasteiger partial charge on any atom is 0.149 e. The minimum Gasteiger partial charge on any atom is -0.494 e. The van der Waals surface area contributed by atoms with E-state index in [1.807, 2.05) is 25.1 Å². The summed E-state index contributed by atoms with van der Waals surface area (Å²) < 4.78 is 5.30. The molecule has 14 heavy (non-hydrogen) atoms. The maximum atomic E-state index is 5.30. The first-order valence-corrected chi connectivity index (χ1v) is 4.33. The van der Waals surface area contributed by atoms with Crippen LogP contribution >= 0.6 is 0 Å². The van der Waals surface area contributed by atoms with Crippen LogP contribution in [0.5, 0.6) is 5.75 Å². The lowest BCUT2D eigenvalue weighted by Crippen LogP contribution is -2.02. The molecule has 0 atom stereocenters. The van der Waals surface area contributed by atoms with Crippen molar-refractivity contribution in [3.05, 3.63) is 36.2 Å². The molecule has 0 aliphatic carbocycles. The zero-order valence-electron chi connectivity index (χ0n) is 8.14. The molecule has 72 valence electrons. The average molecular weight is 189 g/mol. The minimum absolute atomic E-state index is 0.809. The van der Waals surface area contributed by atoms with Gasteiger partial charge in [0.2, 0.25) is 0 Å². The molecule has 0 spiro atoms. The zero-order chi connectivity index (χ0) is 9.97. The highest BCUT2D eigenvalue weighted by Gasteiger charge is 2.07. The summed E-state index contributed by atoms with van der Waals surface area (Å²) in [5.41, 5.74) is 1.93. The molecular weight excluding hydrogens is 178 g/mol. The van der Waals surface area contributed by atoms with Crippen molar-refractivity contribution in [3.8, 4) is 11.4 Å². The van der Waals surface area contributed by atoms with Crippen LogP contribution in [0.25, 0.3) is 5.69 Å². The number of rotatable bonds is 2. The summed E-state index contributed by atoms with van der Waals surface area (Å²) in [6.45, 7) is 1.99. The molecule has 2 aromatic rings. The Morgan fingerprint density at radius 1 is 1.21 bits per heavy atom. The Kier molecular flexibility index (Phi) is 2.18. The van der Waals surface area contributed by atoms with E-state index in [0.717, 1.165) is 17.0 Å². The summed E-state index contributed by atoms with van der Waals surface area (Å²) in [4.78, 5) is 1.55. The van der Waals surface area contributed by atoms with Crippen molar-refractivity contribution in [2.45, 2.75) is 6.92 Å². The van der Waals surface area contributed by atoms with E-state index in [2.05, 4.69) is 10.2 Å². The molecule has 0 unspecified atom stereocenters. The molecule has 4 nitrogen and oxygen atoms in total. The highest BCUT2D eigenvalue weighted by molar-refractivity contribution is 5.50. The third-order valence-corrected chi connectivity index (χ3v) is 2.03. The van der Waals surface area contributed by atoms with Crippen LogP contribution in [0.4, 0.5) is 0 Å². The van der Waals surface area contributed by atoms with Crippen LogP contribution in [-0.2, 0) is 0 Å². The van der Waals surface area contributed by atoms with Crippen molar-refractivity contribution >= 4 is 0 Å². The zero-order valence-corrected chi connectivity index (χ0v) is 8.14. The van der Waals surface area contributed by atoms with Crippen molar-refractivity contribution in [1.29, 1.82) is 0 Å². The first-order valence-electron chi connectivity index (χ1n) is 4.33. The lowest BCUT2D eigenvalue weighted by Gasteiger charge is -2.09. The van der Waals surface area contributed by atoms with Gasteiger partial charge in [-0.25, -0.2) is 0 Å². The number of aryl methyl sites for hydroxylation is 1. The Balaban J connectivity index is 2.58. The molecule has 0 aliphatic heterocycles. The van der Waals surface area contributed by atoms with Gasteiger partial charge in [-0.3, -0.25) is 0 Å². The van der Waals surface area contributed by atoms with Crippen LogP contribution in [0, 0.1) is 6.92 Å². The van der Waals surface area contributed by atoms with Gasteiger partial charge in [-0.15, -0.1) is 4.80 Å². The normalized spacial score (nSPS) is 10.1. The van der Waals surface area contributed by atoms with E-state index in [-0.39, 0.29) is 0 Å². The quantitative estimate of drug-likeness (QED) is 0.720. The van der Waals surface area contributed by atoms with Crippen LogP contribution in [0.15, 0.2) is 30.6 Å². The lowest BCUT2D eigenvalue weighted by atomic mass is 10.2. The van der Waals surface area contributed by atoms with Gasteiger partial charge in [0.25, 0.3) is 0 Å². The second-order valence-corrected chi connectivity index (χ2v) is 2.95. The number of para-hydroxylation sites is 1. The number of ether oxygens (including phenoxy) is 1. The topological polar surface area (TPSA) is 39.9 Å². The Morgan fingerprint density at radius 3 is 2.57 bits per heavy atom. The number of nitrogens with zero attached hydrogens (tertiary/aromatic N) is 3. The van der Waals surface area contributed by atoms with E-state index in [1.165, 1.54) is 0 Å². The molecule has 4 heteroatoms. The van der Waals surface area contributed by atoms with Crippen LogP contribution in [0.1, 0.15) is 5.56 Å². The van der Waals surface area contributed by atoms with Crippen LogP contribution in [-0.4, -0.2) is 22.1 Å². The first-order chi connectivity index (χ1) is 6.83. The minimum atomic E-state index is 0.809. The van der Waals surface area contributed by atoms with Gasteiger partial charge in [-0.05, 0) is 18.6 Å². The molecule has 0 radical (unpaired) electrons. The maximum absolute atomic E-state index is 5.30. The van der Waals surface area contributed by atoms with Crippen LogP contribution in [0.3, 0.4) is 0 Å².